The summed E-state index contributed by atoms with van der Waals surface area (Å²) in [6.45, 7) is 7.90. The van der Waals surface area contributed by atoms with Gasteiger partial charge in [-0.2, -0.15) is 0 Å². The van der Waals surface area contributed by atoms with Crippen LogP contribution < -0.4 is 9.62 Å². The zero-order chi connectivity index (χ0) is 27.0. The molecule has 0 bridgehead atoms. The Labute approximate surface area is 224 Å². The van der Waals surface area contributed by atoms with Crippen molar-refractivity contribution >= 4 is 50.7 Å². The molecule has 2 aromatic carbocycles. The summed E-state index contributed by atoms with van der Waals surface area (Å²) < 4.78 is 26.2. The molecule has 0 radical (unpaired) electrons. The van der Waals surface area contributed by atoms with Crippen LogP contribution in [0.25, 0.3) is 0 Å². The average Bonchev–Trinajstić information content (AvgIpc) is 2.77. The monoisotopic (exact) mass is 555 g/mol. The van der Waals surface area contributed by atoms with Crippen LogP contribution in [0, 0.1) is 6.92 Å². The molecule has 198 valence electrons. The molecular weight excluding hydrogens is 521 g/mol. The molecule has 10 heteroatoms. The molecule has 2 amide bonds. The number of aryl methyl sites for hydroxylation is 1. The molecule has 0 saturated heterocycles. The van der Waals surface area contributed by atoms with E-state index in [0.717, 1.165) is 21.7 Å². The number of hydrogen-bond acceptors (Lipinski definition) is 4. The molecule has 1 N–H and O–H groups in total. The maximum atomic E-state index is 13.4. The van der Waals surface area contributed by atoms with Gasteiger partial charge in [-0.1, -0.05) is 60.0 Å². The third-order valence-corrected chi connectivity index (χ3v) is 7.32. The van der Waals surface area contributed by atoms with Gasteiger partial charge in [-0.25, -0.2) is 8.42 Å². The maximum Gasteiger partial charge on any atom is 0.243 e. The highest BCUT2D eigenvalue weighted by Crippen LogP contribution is 2.31. The quantitative estimate of drug-likeness (QED) is 0.391. The first kappa shape index (κ1) is 29.9. The predicted octanol–water partition coefficient (Wildman–Crippen LogP) is 5.18. The Morgan fingerprint density at radius 3 is 2.36 bits per heavy atom. The predicted molar refractivity (Wildman–Crippen MR) is 147 cm³/mol. The fourth-order valence-corrected chi connectivity index (χ4v) is 5.37. The van der Waals surface area contributed by atoms with Gasteiger partial charge in [0.2, 0.25) is 21.8 Å². The standard InChI is InChI=1S/C26H35Cl2N3O4S/c1-6-23(26(33)29-18(2)3)30(17-20-10-7-9-19(4)15-20)25(32)11-8-14-31(36(5,34)35)24-16-21(27)12-13-22(24)28/h7,9-10,12-13,15-16,18,23H,6,8,11,14,17H2,1-5H3,(H,29,33)/t23-/m0/s1. The van der Waals surface area contributed by atoms with Crippen LogP contribution in [0.4, 0.5) is 5.69 Å². The lowest BCUT2D eigenvalue weighted by Crippen LogP contribution is -2.50. The molecule has 2 aromatic rings. The lowest BCUT2D eigenvalue weighted by molar-refractivity contribution is -0.141. The van der Waals surface area contributed by atoms with Crippen LogP contribution in [-0.4, -0.2) is 50.0 Å². The summed E-state index contributed by atoms with van der Waals surface area (Å²) >= 11 is 12.3. The molecule has 0 aliphatic rings. The van der Waals surface area contributed by atoms with Gasteiger partial charge in [-0.15, -0.1) is 0 Å². The number of halogens is 2. The van der Waals surface area contributed by atoms with Crippen molar-refractivity contribution in [2.75, 3.05) is 17.1 Å². The second kappa shape index (κ2) is 13.3. The number of rotatable bonds is 12. The van der Waals surface area contributed by atoms with Gasteiger partial charge in [0.15, 0.2) is 0 Å². The normalized spacial score (nSPS) is 12.3. The van der Waals surface area contributed by atoms with Crippen molar-refractivity contribution in [2.45, 2.75) is 65.6 Å². The Bertz CT molecular complexity index is 1170. The summed E-state index contributed by atoms with van der Waals surface area (Å²) in [5.74, 6) is -0.440. The van der Waals surface area contributed by atoms with Crippen LogP contribution in [0.1, 0.15) is 51.2 Å². The van der Waals surface area contributed by atoms with Crippen molar-refractivity contribution in [2.24, 2.45) is 0 Å². The summed E-state index contributed by atoms with van der Waals surface area (Å²) in [7, 11) is -3.68. The molecule has 0 aliphatic heterocycles. The molecule has 7 nitrogen and oxygen atoms in total. The molecule has 1 atom stereocenters. The van der Waals surface area contributed by atoms with Crippen LogP contribution in [-0.2, 0) is 26.2 Å². The number of sulfonamides is 1. The first-order chi connectivity index (χ1) is 16.8. The van der Waals surface area contributed by atoms with E-state index in [2.05, 4.69) is 5.32 Å². The molecule has 0 aromatic heterocycles. The van der Waals surface area contributed by atoms with Crippen LogP contribution in [0.2, 0.25) is 10.0 Å². The fourth-order valence-electron chi connectivity index (χ4n) is 3.97. The first-order valence-electron chi connectivity index (χ1n) is 11.9. The Morgan fingerprint density at radius 2 is 1.78 bits per heavy atom. The lowest BCUT2D eigenvalue weighted by Gasteiger charge is -2.31. The highest BCUT2D eigenvalue weighted by molar-refractivity contribution is 7.92. The number of amides is 2. The Balaban J connectivity index is 2.25. The van der Waals surface area contributed by atoms with Gasteiger partial charge < -0.3 is 10.2 Å². The largest absolute Gasteiger partial charge is 0.352 e. The highest BCUT2D eigenvalue weighted by Gasteiger charge is 2.29. The SMILES string of the molecule is CC[C@@H](C(=O)NC(C)C)N(Cc1cccc(C)c1)C(=O)CCCN(c1cc(Cl)ccc1Cl)S(C)(=O)=O. The van der Waals surface area contributed by atoms with Crippen molar-refractivity contribution < 1.29 is 18.0 Å². The number of nitrogens with one attached hydrogen (secondary N) is 1. The molecular formula is C26H35Cl2N3O4S. The molecule has 0 saturated carbocycles. The molecule has 0 spiro atoms. The summed E-state index contributed by atoms with van der Waals surface area (Å²) in [4.78, 5) is 28.0. The highest BCUT2D eigenvalue weighted by atomic mass is 35.5. The number of carbonyl (C=O) groups excluding carboxylic acids is 2. The first-order valence-corrected chi connectivity index (χ1v) is 14.5. The topological polar surface area (TPSA) is 86.8 Å². The summed E-state index contributed by atoms with van der Waals surface area (Å²) in [6.07, 6.45) is 1.83. The van der Waals surface area contributed by atoms with E-state index in [9.17, 15) is 18.0 Å². The van der Waals surface area contributed by atoms with Crippen LogP contribution in [0.15, 0.2) is 42.5 Å². The maximum absolute atomic E-state index is 13.4. The summed E-state index contributed by atoms with van der Waals surface area (Å²) in [6, 6.07) is 11.7. The molecule has 0 aliphatic carbocycles. The average molecular weight is 557 g/mol. The van der Waals surface area contributed by atoms with Crippen molar-refractivity contribution in [1.82, 2.24) is 10.2 Å². The zero-order valence-electron chi connectivity index (χ0n) is 21.4. The van der Waals surface area contributed by atoms with E-state index in [-0.39, 0.29) is 54.5 Å². The van der Waals surface area contributed by atoms with E-state index in [4.69, 9.17) is 23.2 Å². The van der Waals surface area contributed by atoms with Gasteiger partial charge in [0.25, 0.3) is 0 Å². The van der Waals surface area contributed by atoms with Crippen molar-refractivity contribution in [3.8, 4) is 0 Å². The van der Waals surface area contributed by atoms with Gasteiger partial charge in [-0.05, 0) is 57.4 Å². The number of benzene rings is 2. The van der Waals surface area contributed by atoms with Crippen molar-refractivity contribution in [1.29, 1.82) is 0 Å². The Kier molecular flexibility index (Phi) is 11.1. The van der Waals surface area contributed by atoms with Crippen molar-refractivity contribution in [3.05, 3.63) is 63.6 Å². The van der Waals surface area contributed by atoms with Crippen LogP contribution >= 0.6 is 23.2 Å². The minimum absolute atomic E-state index is 0.0396. The van der Waals surface area contributed by atoms with Gasteiger partial charge in [0.1, 0.15) is 6.04 Å². The van der Waals surface area contributed by atoms with Crippen LogP contribution in [0.5, 0.6) is 0 Å². The van der Waals surface area contributed by atoms with E-state index in [1.54, 1.807) is 11.0 Å². The third kappa shape index (κ3) is 8.68. The second-order valence-electron chi connectivity index (χ2n) is 9.13. The molecule has 0 heterocycles. The molecule has 0 fully saturated rings. The van der Waals surface area contributed by atoms with Crippen LogP contribution in [0.3, 0.4) is 0 Å². The summed E-state index contributed by atoms with van der Waals surface area (Å²) in [5, 5.41) is 3.50. The number of hydrogen-bond donors (Lipinski definition) is 1. The van der Waals surface area contributed by atoms with Gasteiger partial charge in [0, 0.05) is 30.6 Å². The molecule has 2 rings (SSSR count). The molecule has 36 heavy (non-hydrogen) atoms. The van der Waals surface area contributed by atoms with E-state index in [1.165, 1.54) is 12.1 Å². The smallest absolute Gasteiger partial charge is 0.243 e. The lowest BCUT2D eigenvalue weighted by atomic mass is 10.1. The fraction of sp³-hybridized carbons (Fsp3) is 0.462. The minimum atomic E-state index is -3.68. The summed E-state index contributed by atoms with van der Waals surface area (Å²) in [5.41, 5.74) is 2.24. The van der Waals surface area contributed by atoms with Crippen molar-refractivity contribution in [3.63, 3.8) is 0 Å². The Hall–Kier alpha value is -2.29. The van der Waals surface area contributed by atoms with E-state index in [1.807, 2.05) is 52.0 Å². The van der Waals surface area contributed by atoms with Gasteiger partial charge >= 0.3 is 0 Å². The number of nitrogens with zero attached hydrogens (tertiary/aromatic N) is 2. The Morgan fingerprint density at radius 1 is 1.08 bits per heavy atom. The van der Waals surface area contributed by atoms with Gasteiger partial charge in [0.05, 0.1) is 17.0 Å². The van der Waals surface area contributed by atoms with E-state index in [0.29, 0.717) is 11.4 Å². The van der Waals surface area contributed by atoms with E-state index < -0.39 is 16.1 Å². The van der Waals surface area contributed by atoms with E-state index >= 15 is 0 Å². The number of carbonyl (C=O) groups is 2. The second-order valence-corrected chi connectivity index (χ2v) is 11.9. The minimum Gasteiger partial charge on any atom is -0.352 e. The molecule has 0 unspecified atom stereocenters. The number of anilines is 1. The zero-order valence-corrected chi connectivity index (χ0v) is 23.8. The third-order valence-electron chi connectivity index (χ3n) is 5.58. The van der Waals surface area contributed by atoms with Gasteiger partial charge in [-0.3, -0.25) is 13.9 Å².